The third-order valence-corrected chi connectivity index (χ3v) is 0.678. The molecule has 0 aromatic heterocycles. The van der Waals surface area contributed by atoms with Crippen molar-refractivity contribution in [2.45, 2.75) is 12.6 Å². The van der Waals surface area contributed by atoms with Crippen molar-refractivity contribution in [2.24, 2.45) is 5.73 Å². The first-order valence-corrected chi connectivity index (χ1v) is 2.26. The third kappa shape index (κ3) is 5.92. The van der Waals surface area contributed by atoms with Crippen LogP contribution in [0.15, 0.2) is 12.7 Å². The molecule has 3 heteroatoms. The van der Waals surface area contributed by atoms with Gasteiger partial charge in [0.15, 0.2) is 0 Å². The van der Waals surface area contributed by atoms with Gasteiger partial charge < -0.3 is 5.73 Å². The number of allylic oxidation sites excluding steroid dienone is 1. The first kappa shape index (κ1) is 10.8. The molecule has 0 heterocycles. The standard InChI is InChI=1S/C5H10FN.ClH/c1-2-3-5(6)4-7;/h2,5H,1,3-4,7H2;1H. The van der Waals surface area contributed by atoms with E-state index >= 15 is 0 Å². The fourth-order valence-corrected chi connectivity index (χ4v) is 0.277. The molecule has 0 aromatic carbocycles. The zero-order valence-corrected chi connectivity index (χ0v) is 5.46. The molecule has 1 atom stereocenters. The molecule has 0 saturated carbocycles. The van der Waals surface area contributed by atoms with E-state index in [-0.39, 0.29) is 19.0 Å². The summed E-state index contributed by atoms with van der Waals surface area (Å²) in [6, 6.07) is 0. The Hall–Kier alpha value is -0.0800. The number of halogens is 2. The SMILES string of the molecule is C=CCC(F)CN.Cl. The normalized spacial score (nSPS) is 11.8. The van der Waals surface area contributed by atoms with E-state index in [2.05, 4.69) is 6.58 Å². The zero-order valence-electron chi connectivity index (χ0n) is 4.64. The summed E-state index contributed by atoms with van der Waals surface area (Å²) in [5.41, 5.74) is 4.94. The molecule has 0 saturated heterocycles. The minimum absolute atomic E-state index is 0. The lowest BCUT2D eigenvalue weighted by Crippen LogP contribution is -2.13. The van der Waals surface area contributed by atoms with Crippen molar-refractivity contribution in [1.29, 1.82) is 0 Å². The molecule has 0 radical (unpaired) electrons. The molecule has 0 spiro atoms. The van der Waals surface area contributed by atoms with Crippen LogP contribution in [0.1, 0.15) is 6.42 Å². The molecular weight excluding hydrogens is 129 g/mol. The quantitative estimate of drug-likeness (QED) is 0.586. The Kier molecular flexibility index (Phi) is 9.36. The van der Waals surface area contributed by atoms with Crippen LogP contribution in [0.2, 0.25) is 0 Å². The number of hydrogen-bond acceptors (Lipinski definition) is 1. The van der Waals surface area contributed by atoms with Gasteiger partial charge in [-0.05, 0) is 6.42 Å². The summed E-state index contributed by atoms with van der Waals surface area (Å²) in [5.74, 6) is 0. The fourth-order valence-electron chi connectivity index (χ4n) is 0.277. The summed E-state index contributed by atoms with van der Waals surface area (Å²) in [6.07, 6.45) is 1.01. The lowest BCUT2D eigenvalue weighted by Gasteiger charge is -1.95. The second-order valence-electron chi connectivity index (χ2n) is 1.36. The number of nitrogens with two attached hydrogens (primary N) is 1. The smallest absolute Gasteiger partial charge is 0.116 e. The summed E-state index contributed by atoms with van der Waals surface area (Å²) in [7, 11) is 0. The predicted molar refractivity (Wildman–Crippen MR) is 36.0 cm³/mol. The lowest BCUT2D eigenvalue weighted by atomic mass is 10.3. The van der Waals surface area contributed by atoms with Crippen LogP contribution in [0.25, 0.3) is 0 Å². The topological polar surface area (TPSA) is 26.0 Å². The van der Waals surface area contributed by atoms with Gasteiger partial charge in [-0.25, -0.2) is 4.39 Å². The summed E-state index contributed by atoms with van der Waals surface area (Å²) >= 11 is 0. The maximum absolute atomic E-state index is 11.9. The first-order valence-electron chi connectivity index (χ1n) is 2.26. The van der Waals surface area contributed by atoms with E-state index in [1.54, 1.807) is 0 Å². The summed E-state index contributed by atoms with van der Waals surface area (Å²) in [6.45, 7) is 3.46. The Balaban J connectivity index is 0. The van der Waals surface area contributed by atoms with E-state index in [4.69, 9.17) is 5.73 Å². The second kappa shape index (κ2) is 6.92. The second-order valence-corrected chi connectivity index (χ2v) is 1.36. The van der Waals surface area contributed by atoms with Crippen LogP contribution in [0.4, 0.5) is 4.39 Å². The van der Waals surface area contributed by atoms with Gasteiger partial charge in [-0.2, -0.15) is 0 Å². The molecule has 2 N–H and O–H groups in total. The van der Waals surface area contributed by atoms with Crippen molar-refractivity contribution in [2.75, 3.05) is 6.54 Å². The maximum Gasteiger partial charge on any atom is 0.116 e. The molecule has 8 heavy (non-hydrogen) atoms. The lowest BCUT2D eigenvalue weighted by molar-refractivity contribution is 0.345. The highest BCUT2D eigenvalue weighted by Crippen LogP contribution is 1.93. The number of alkyl halides is 1. The van der Waals surface area contributed by atoms with Gasteiger partial charge in [0.1, 0.15) is 6.17 Å². The molecule has 0 fully saturated rings. The number of hydrogen-bond donors (Lipinski definition) is 1. The van der Waals surface area contributed by atoms with E-state index in [1.165, 1.54) is 6.08 Å². The van der Waals surface area contributed by atoms with Gasteiger partial charge >= 0.3 is 0 Å². The van der Waals surface area contributed by atoms with Gasteiger partial charge in [0.05, 0.1) is 0 Å². The Morgan fingerprint density at radius 3 is 2.38 bits per heavy atom. The van der Waals surface area contributed by atoms with Gasteiger partial charge in [-0.15, -0.1) is 19.0 Å². The summed E-state index contributed by atoms with van der Waals surface area (Å²) in [4.78, 5) is 0. The van der Waals surface area contributed by atoms with Crippen molar-refractivity contribution in [3.05, 3.63) is 12.7 Å². The van der Waals surface area contributed by atoms with Gasteiger partial charge in [0.25, 0.3) is 0 Å². The largest absolute Gasteiger partial charge is 0.328 e. The Morgan fingerprint density at radius 1 is 1.75 bits per heavy atom. The minimum atomic E-state index is -0.891. The monoisotopic (exact) mass is 139 g/mol. The predicted octanol–water partition coefficient (Wildman–Crippen LogP) is 1.28. The van der Waals surface area contributed by atoms with Crippen LogP contribution in [0, 0.1) is 0 Å². The Bertz CT molecular complexity index is 58.4. The molecule has 1 nitrogen and oxygen atoms in total. The van der Waals surface area contributed by atoms with Gasteiger partial charge in [-0.1, -0.05) is 6.08 Å². The molecule has 0 aliphatic heterocycles. The molecule has 0 amide bonds. The van der Waals surface area contributed by atoms with Crippen LogP contribution in [-0.4, -0.2) is 12.7 Å². The van der Waals surface area contributed by atoms with Crippen LogP contribution in [-0.2, 0) is 0 Å². The highest BCUT2D eigenvalue weighted by molar-refractivity contribution is 5.85. The summed E-state index contributed by atoms with van der Waals surface area (Å²) < 4.78 is 11.9. The van der Waals surface area contributed by atoms with E-state index in [0.29, 0.717) is 6.42 Å². The minimum Gasteiger partial charge on any atom is -0.328 e. The Labute approximate surface area is 55.2 Å². The average Bonchev–Trinajstić information content (AvgIpc) is 1.68. The molecule has 0 rings (SSSR count). The van der Waals surface area contributed by atoms with Gasteiger partial charge in [0, 0.05) is 6.54 Å². The maximum atomic E-state index is 11.9. The molecule has 50 valence electrons. The van der Waals surface area contributed by atoms with Crippen LogP contribution >= 0.6 is 12.4 Å². The molecule has 1 unspecified atom stereocenters. The van der Waals surface area contributed by atoms with Crippen molar-refractivity contribution in [3.63, 3.8) is 0 Å². The van der Waals surface area contributed by atoms with Crippen LogP contribution in [0.3, 0.4) is 0 Å². The zero-order chi connectivity index (χ0) is 5.70. The molecule has 0 aliphatic carbocycles. The van der Waals surface area contributed by atoms with Crippen LogP contribution < -0.4 is 5.73 Å². The van der Waals surface area contributed by atoms with E-state index < -0.39 is 6.17 Å². The average molecular weight is 140 g/mol. The number of rotatable bonds is 3. The Morgan fingerprint density at radius 2 is 2.25 bits per heavy atom. The van der Waals surface area contributed by atoms with E-state index in [9.17, 15) is 4.39 Å². The molecular formula is C5H11ClFN. The van der Waals surface area contributed by atoms with Crippen molar-refractivity contribution in [1.82, 2.24) is 0 Å². The molecule has 0 aliphatic rings. The van der Waals surface area contributed by atoms with Crippen molar-refractivity contribution >= 4 is 12.4 Å². The van der Waals surface area contributed by atoms with Gasteiger partial charge in [-0.3, -0.25) is 0 Å². The van der Waals surface area contributed by atoms with Gasteiger partial charge in [0.2, 0.25) is 0 Å². The van der Waals surface area contributed by atoms with Crippen molar-refractivity contribution in [3.8, 4) is 0 Å². The van der Waals surface area contributed by atoms with Crippen LogP contribution in [0.5, 0.6) is 0 Å². The highest BCUT2D eigenvalue weighted by Gasteiger charge is 1.96. The van der Waals surface area contributed by atoms with E-state index in [0.717, 1.165) is 0 Å². The van der Waals surface area contributed by atoms with Crippen molar-refractivity contribution < 1.29 is 4.39 Å². The first-order chi connectivity index (χ1) is 3.31. The molecule has 0 bridgehead atoms. The van der Waals surface area contributed by atoms with E-state index in [1.807, 2.05) is 0 Å². The summed E-state index contributed by atoms with van der Waals surface area (Å²) in [5, 5.41) is 0. The fraction of sp³-hybridized carbons (Fsp3) is 0.600. The molecule has 0 aromatic rings. The third-order valence-electron chi connectivity index (χ3n) is 0.678. The highest BCUT2D eigenvalue weighted by atomic mass is 35.5.